The van der Waals surface area contributed by atoms with Crippen molar-refractivity contribution < 1.29 is 9.47 Å². The van der Waals surface area contributed by atoms with Crippen molar-refractivity contribution in [2.45, 2.75) is 51.3 Å². The second-order valence-corrected chi connectivity index (χ2v) is 7.02. The van der Waals surface area contributed by atoms with Crippen LogP contribution in [0.3, 0.4) is 0 Å². The van der Waals surface area contributed by atoms with E-state index in [2.05, 4.69) is 32.7 Å². The molecule has 0 spiro atoms. The van der Waals surface area contributed by atoms with Crippen LogP contribution < -0.4 is 5.73 Å². The number of hydrogen-bond donors (Lipinski definition) is 1. The van der Waals surface area contributed by atoms with Crippen LogP contribution in [0.4, 0.5) is 0 Å². The van der Waals surface area contributed by atoms with Gasteiger partial charge in [-0.3, -0.25) is 4.90 Å². The van der Waals surface area contributed by atoms with Crippen molar-refractivity contribution in [2.75, 3.05) is 33.9 Å². The van der Waals surface area contributed by atoms with E-state index in [1.165, 1.54) is 6.42 Å². The first-order chi connectivity index (χ1) is 8.84. The van der Waals surface area contributed by atoms with Crippen molar-refractivity contribution in [1.82, 2.24) is 4.90 Å². The summed E-state index contributed by atoms with van der Waals surface area (Å²) in [5.41, 5.74) is 6.72. The van der Waals surface area contributed by atoms with Crippen LogP contribution in [0.15, 0.2) is 0 Å². The highest BCUT2D eigenvalue weighted by molar-refractivity contribution is 5.20. The van der Waals surface area contributed by atoms with Crippen molar-refractivity contribution in [1.29, 1.82) is 0 Å². The maximum Gasteiger partial charge on any atom is 0.0690 e. The van der Waals surface area contributed by atoms with Crippen LogP contribution in [-0.2, 0) is 9.47 Å². The van der Waals surface area contributed by atoms with Gasteiger partial charge in [-0.15, -0.1) is 0 Å². The molecule has 2 rings (SSSR count). The third-order valence-corrected chi connectivity index (χ3v) is 5.57. The largest absolute Gasteiger partial charge is 0.383 e. The molecule has 4 unspecified atom stereocenters. The van der Waals surface area contributed by atoms with Gasteiger partial charge in [0, 0.05) is 43.2 Å². The van der Waals surface area contributed by atoms with E-state index in [9.17, 15) is 0 Å². The normalized spacial score (nSPS) is 38.7. The Balaban J connectivity index is 2.05. The Labute approximate surface area is 117 Å². The van der Waals surface area contributed by atoms with E-state index in [1.807, 2.05) is 0 Å². The van der Waals surface area contributed by atoms with Crippen LogP contribution in [0.5, 0.6) is 0 Å². The monoisotopic (exact) mass is 270 g/mol. The Bertz CT molecular complexity index is 321. The van der Waals surface area contributed by atoms with Gasteiger partial charge < -0.3 is 15.2 Å². The summed E-state index contributed by atoms with van der Waals surface area (Å²) in [6.45, 7) is 9.26. The third-order valence-electron chi connectivity index (χ3n) is 5.57. The Morgan fingerprint density at radius 2 is 2.16 bits per heavy atom. The van der Waals surface area contributed by atoms with Gasteiger partial charge in [0.15, 0.2) is 0 Å². The van der Waals surface area contributed by atoms with Gasteiger partial charge in [0.2, 0.25) is 0 Å². The molecule has 0 radical (unpaired) electrons. The first kappa shape index (κ1) is 15.2. The average Bonchev–Trinajstić information content (AvgIpc) is 2.38. The van der Waals surface area contributed by atoms with Gasteiger partial charge in [-0.1, -0.05) is 13.8 Å². The van der Waals surface area contributed by atoms with Crippen LogP contribution in [0.1, 0.15) is 33.6 Å². The molecule has 2 N–H and O–H groups in total. The SMILES string of the molecule is COCC(C)N(C)CC1(N)C2CCCOC2C1(C)C. The first-order valence-electron chi connectivity index (χ1n) is 7.44. The quantitative estimate of drug-likeness (QED) is 0.822. The highest BCUT2D eigenvalue weighted by atomic mass is 16.5. The molecule has 1 heterocycles. The van der Waals surface area contributed by atoms with E-state index < -0.39 is 0 Å². The zero-order valence-electron chi connectivity index (χ0n) is 13.1. The molecule has 19 heavy (non-hydrogen) atoms. The van der Waals surface area contributed by atoms with Gasteiger partial charge in [-0.25, -0.2) is 0 Å². The Kier molecular flexibility index (Phi) is 4.26. The van der Waals surface area contributed by atoms with Gasteiger partial charge in [0.25, 0.3) is 0 Å². The third kappa shape index (κ3) is 2.33. The van der Waals surface area contributed by atoms with Gasteiger partial charge in [0.05, 0.1) is 12.7 Å². The molecule has 1 aliphatic carbocycles. The average molecular weight is 270 g/mol. The molecule has 4 atom stereocenters. The predicted octanol–water partition coefficient (Wildman–Crippen LogP) is 1.49. The lowest BCUT2D eigenvalue weighted by Gasteiger charge is -2.67. The fourth-order valence-corrected chi connectivity index (χ4v) is 3.92. The van der Waals surface area contributed by atoms with Gasteiger partial charge in [-0.2, -0.15) is 0 Å². The number of hydrogen-bond acceptors (Lipinski definition) is 4. The van der Waals surface area contributed by atoms with E-state index in [0.717, 1.165) is 26.2 Å². The van der Waals surface area contributed by atoms with E-state index in [0.29, 0.717) is 18.1 Å². The van der Waals surface area contributed by atoms with Gasteiger partial charge in [0.1, 0.15) is 0 Å². The first-order valence-corrected chi connectivity index (χ1v) is 7.44. The molecule has 1 saturated carbocycles. The Morgan fingerprint density at radius 1 is 1.47 bits per heavy atom. The molecule has 0 bridgehead atoms. The number of methoxy groups -OCH3 is 1. The maximum absolute atomic E-state index is 6.81. The van der Waals surface area contributed by atoms with Crippen molar-refractivity contribution in [3.63, 3.8) is 0 Å². The Morgan fingerprint density at radius 3 is 2.79 bits per heavy atom. The molecule has 1 aliphatic heterocycles. The fourth-order valence-electron chi connectivity index (χ4n) is 3.92. The summed E-state index contributed by atoms with van der Waals surface area (Å²) in [7, 11) is 3.90. The summed E-state index contributed by atoms with van der Waals surface area (Å²) in [4.78, 5) is 2.33. The number of ether oxygens (including phenoxy) is 2. The maximum atomic E-state index is 6.81. The molecule has 0 aromatic heterocycles. The molecular formula is C15H30N2O2. The van der Waals surface area contributed by atoms with Crippen LogP contribution >= 0.6 is 0 Å². The van der Waals surface area contributed by atoms with Crippen LogP contribution in [-0.4, -0.2) is 56.5 Å². The summed E-state index contributed by atoms with van der Waals surface area (Å²) < 4.78 is 11.2. The zero-order chi connectivity index (χ0) is 14.3. The van der Waals surface area contributed by atoms with Crippen LogP contribution in [0.25, 0.3) is 0 Å². The second-order valence-electron chi connectivity index (χ2n) is 7.02. The number of fused-ring (bicyclic) bond motifs is 1. The number of rotatable bonds is 5. The lowest BCUT2D eigenvalue weighted by Crippen LogP contribution is -2.80. The molecule has 4 nitrogen and oxygen atoms in total. The predicted molar refractivity (Wildman–Crippen MR) is 77.1 cm³/mol. The Hall–Kier alpha value is -0.160. The highest BCUT2D eigenvalue weighted by Crippen LogP contribution is 2.57. The highest BCUT2D eigenvalue weighted by Gasteiger charge is 2.66. The van der Waals surface area contributed by atoms with Crippen molar-refractivity contribution >= 4 is 0 Å². The van der Waals surface area contributed by atoms with Gasteiger partial charge >= 0.3 is 0 Å². The molecule has 0 aromatic rings. The van der Waals surface area contributed by atoms with E-state index in [4.69, 9.17) is 15.2 Å². The summed E-state index contributed by atoms with van der Waals surface area (Å²) in [6, 6.07) is 0.393. The number of likely N-dealkylation sites (N-methyl/N-ethyl adjacent to an activating group) is 1. The van der Waals surface area contributed by atoms with E-state index in [1.54, 1.807) is 7.11 Å². The van der Waals surface area contributed by atoms with Crippen molar-refractivity contribution in [3.8, 4) is 0 Å². The molecule has 0 amide bonds. The number of nitrogens with two attached hydrogens (primary N) is 1. The van der Waals surface area contributed by atoms with Crippen molar-refractivity contribution in [2.24, 2.45) is 17.1 Å². The smallest absolute Gasteiger partial charge is 0.0690 e. The zero-order valence-corrected chi connectivity index (χ0v) is 13.1. The lowest BCUT2D eigenvalue weighted by molar-refractivity contribution is -0.232. The molecule has 2 aliphatic rings. The fraction of sp³-hybridized carbons (Fsp3) is 1.00. The lowest BCUT2D eigenvalue weighted by atomic mass is 9.46. The molecular weight excluding hydrogens is 240 g/mol. The van der Waals surface area contributed by atoms with Crippen LogP contribution in [0.2, 0.25) is 0 Å². The standard InChI is InChI=1S/C15H30N2O2/c1-11(9-18-5)17(4)10-15(16)12-7-6-8-19-13(12)14(15,2)3/h11-13H,6-10,16H2,1-5H3. The molecule has 112 valence electrons. The topological polar surface area (TPSA) is 47.7 Å². The minimum absolute atomic E-state index is 0.0547. The van der Waals surface area contributed by atoms with Crippen LogP contribution in [0, 0.1) is 11.3 Å². The minimum Gasteiger partial charge on any atom is -0.383 e. The molecule has 0 aromatic carbocycles. The van der Waals surface area contributed by atoms with E-state index >= 15 is 0 Å². The second kappa shape index (κ2) is 5.32. The van der Waals surface area contributed by atoms with Gasteiger partial charge in [-0.05, 0) is 26.8 Å². The summed E-state index contributed by atoms with van der Waals surface area (Å²) in [6.07, 6.45) is 2.70. The summed E-state index contributed by atoms with van der Waals surface area (Å²) in [5.74, 6) is 0.508. The molecule has 1 saturated heterocycles. The molecule has 2 fully saturated rings. The summed E-state index contributed by atoms with van der Waals surface area (Å²) >= 11 is 0. The molecule has 4 heteroatoms. The minimum atomic E-state index is -0.144. The van der Waals surface area contributed by atoms with Crippen molar-refractivity contribution in [3.05, 3.63) is 0 Å². The summed E-state index contributed by atoms with van der Waals surface area (Å²) in [5, 5.41) is 0. The number of nitrogens with zero attached hydrogens (tertiary/aromatic N) is 1. The van der Waals surface area contributed by atoms with E-state index in [-0.39, 0.29) is 11.0 Å².